The molecule has 2 nitrogen and oxygen atoms in total. The summed E-state index contributed by atoms with van der Waals surface area (Å²) < 4.78 is 4.85. The van der Waals surface area contributed by atoms with E-state index in [2.05, 4.69) is 156 Å². The van der Waals surface area contributed by atoms with Crippen LogP contribution in [0.15, 0.2) is 109 Å². The number of nitrogens with zero attached hydrogens (tertiary/aromatic N) is 2. The van der Waals surface area contributed by atoms with Crippen molar-refractivity contribution in [2.24, 2.45) is 0 Å². The minimum Gasteiger partial charge on any atom is -0.340 e. The van der Waals surface area contributed by atoms with Gasteiger partial charge in [-0.25, -0.2) is 0 Å². The maximum Gasteiger partial charge on any atom is 0.0564 e. The van der Waals surface area contributed by atoms with E-state index in [4.69, 9.17) is 0 Å². The van der Waals surface area contributed by atoms with Gasteiger partial charge >= 0.3 is 0 Å². The topological polar surface area (TPSA) is 9.86 Å². The van der Waals surface area contributed by atoms with Crippen LogP contribution in [0.25, 0.3) is 67.9 Å². The maximum absolute atomic E-state index is 2.43. The van der Waals surface area contributed by atoms with Crippen molar-refractivity contribution in [2.45, 2.75) is 26.9 Å². The zero-order valence-electron chi connectivity index (χ0n) is 23.0. The van der Waals surface area contributed by atoms with Gasteiger partial charge in [0.15, 0.2) is 0 Å². The van der Waals surface area contributed by atoms with E-state index in [1.165, 1.54) is 65.9 Å². The van der Waals surface area contributed by atoms with Crippen LogP contribution >= 0.6 is 0 Å². The fourth-order valence-corrected chi connectivity index (χ4v) is 6.29. The first-order valence-corrected chi connectivity index (χ1v) is 14.2. The van der Waals surface area contributed by atoms with Gasteiger partial charge in [-0.3, -0.25) is 0 Å². The van der Waals surface area contributed by atoms with Gasteiger partial charge in [0, 0.05) is 45.7 Å². The molecule has 0 saturated heterocycles. The maximum atomic E-state index is 2.43. The third kappa shape index (κ3) is 3.96. The lowest BCUT2D eigenvalue weighted by Crippen LogP contribution is -1.94. The van der Waals surface area contributed by atoms with E-state index in [1.807, 2.05) is 0 Å². The number of rotatable bonds is 6. The molecular weight excluding hydrogens is 484 g/mol. The molecule has 0 aliphatic heterocycles. The zero-order valence-corrected chi connectivity index (χ0v) is 23.0. The normalized spacial score (nSPS) is 12.2. The first-order chi connectivity index (χ1) is 19.8. The molecule has 5 aromatic carbocycles. The molecule has 0 amide bonds. The number of aromatic nitrogens is 2. The quantitative estimate of drug-likeness (QED) is 0.195. The lowest BCUT2D eigenvalue weighted by atomic mass is 10.1. The smallest absolute Gasteiger partial charge is 0.0564 e. The largest absolute Gasteiger partial charge is 0.340 e. The molecule has 0 aliphatic rings. The number of aryl methyl sites for hydroxylation is 2. The Morgan fingerprint density at radius 1 is 0.425 bits per heavy atom. The van der Waals surface area contributed by atoms with Crippen molar-refractivity contribution in [1.82, 2.24) is 9.13 Å². The molecule has 2 aromatic heterocycles. The first kappa shape index (κ1) is 24.2. The molecule has 7 rings (SSSR count). The second-order valence-electron chi connectivity index (χ2n) is 10.3. The van der Waals surface area contributed by atoms with Crippen LogP contribution in [0.1, 0.15) is 36.1 Å². The third-order valence-corrected chi connectivity index (χ3v) is 8.12. The Morgan fingerprint density at radius 2 is 0.825 bits per heavy atom. The van der Waals surface area contributed by atoms with Crippen LogP contribution in [-0.4, -0.2) is 9.13 Å². The fourth-order valence-electron chi connectivity index (χ4n) is 6.29. The Bertz CT molecular complexity index is 1910. The lowest BCUT2D eigenvalue weighted by Gasteiger charge is -2.06. The van der Waals surface area contributed by atoms with Crippen molar-refractivity contribution in [1.29, 1.82) is 0 Å². The number of fused-ring (bicyclic) bond motifs is 6. The Morgan fingerprint density at radius 3 is 1.25 bits per heavy atom. The van der Waals surface area contributed by atoms with Gasteiger partial charge in [0.05, 0.1) is 11.0 Å². The van der Waals surface area contributed by atoms with E-state index < -0.39 is 0 Å². The van der Waals surface area contributed by atoms with Gasteiger partial charge in [0.1, 0.15) is 0 Å². The van der Waals surface area contributed by atoms with E-state index >= 15 is 0 Å². The van der Waals surface area contributed by atoms with Crippen molar-refractivity contribution >= 4 is 67.9 Å². The molecule has 7 aromatic rings. The van der Waals surface area contributed by atoms with Crippen molar-refractivity contribution in [3.05, 3.63) is 131 Å². The van der Waals surface area contributed by atoms with E-state index in [0.717, 1.165) is 13.1 Å². The molecular formula is C38H32N2. The zero-order chi connectivity index (χ0) is 27.1. The lowest BCUT2D eigenvalue weighted by molar-refractivity contribution is 0.826. The summed E-state index contributed by atoms with van der Waals surface area (Å²) in [5, 5.41) is 5.27. The number of para-hydroxylation sites is 4. The predicted molar refractivity (Wildman–Crippen MR) is 175 cm³/mol. The van der Waals surface area contributed by atoms with Gasteiger partial charge in [-0.1, -0.05) is 121 Å². The molecule has 0 fully saturated rings. The summed E-state index contributed by atoms with van der Waals surface area (Å²) in [6.07, 6.45) is 8.95. The van der Waals surface area contributed by atoms with Gasteiger partial charge in [-0.05, 0) is 48.2 Å². The van der Waals surface area contributed by atoms with E-state index in [-0.39, 0.29) is 0 Å². The molecule has 0 N–H and O–H groups in total. The van der Waals surface area contributed by atoms with Crippen LogP contribution in [0.2, 0.25) is 0 Å². The molecule has 0 radical (unpaired) electrons. The Labute approximate surface area is 235 Å². The Kier molecular flexibility index (Phi) is 6.09. The van der Waals surface area contributed by atoms with Gasteiger partial charge < -0.3 is 9.13 Å². The molecule has 40 heavy (non-hydrogen) atoms. The second kappa shape index (κ2) is 10.1. The van der Waals surface area contributed by atoms with E-state index in [9.17, 15) is 0 Å². The summed E-state index contributed by atoms with van der Waals surface area (Å²) in [6, 6.07) is 39.5. The van der Waals surface area contributed by atoms with Crippen LogP contribution < -0.4 is 0 Å². The molecule has 2 heterocycles. The molecule has 0 bridgehead atoms. The summed E-state index contributed by atoms with van der Waals surface area (Å²) in [4.78, 5) is 0. The van der Waals surface area contributed by atoms with Crippen molar-refractivity contribution in [3.8, 4) is 0 Å². The highest BCUT2D eigenvalue weighted by Crippen LogP contribution is 2.33. The molecule has 0 unspecified atom stereocenters. The van der Waals surface area contributed by atoms with Gasteiger partial charge in [0.2, 0.25) is 0 Å². The Balaban J connectivity index is 1.19. The van der Waals surface area contributed by atoms with Crippen LogP contribution in [0.5, 0.6) is 0 Å². The summed E-state index contributed by atoms with van der Waals surface area (Å²) in [5.41, 5.74) is 10.1. The van der Waals surface area contributed by atoms with Gasteiger partial charge in [0.25, 0.3) is 0 Å². The molecule has 2 heteroatoms. The van der Waals surface area contributed by atoms with Crippen LogP contribution in [0.4, 0.5) is 0 Å². The second-order valence-corrected chi connectivity index (χ2v) is 10.3. The van der Waals surface area contributed by atoms with Crippen LogP contribution in [0.3, 0.4) is 0 Å². The summed E-state index contributed by atoms with van der Waals surface area (Å²) in [5.74, 6) is 0. The van der Waals surface area contributed by atoms with Crippen molar-refractivity contribution in [2.75, 3.05) is 0 Å². The van der Waals surface area contributed by atoms with Crippen LogP contribution in [0, 0.1) is 0 Å². The first-order valence-electron chi connectivity index (χ1n) is 14.2. The Hall–Kier alpha value is -4.82. The van der Waals surface area contributed by atoms with Gasteiger partial charge in [-0.2, -0.15) is 0 Å². The third-order valence-electron chi connectivity index (χ3n) is 8.12. The number of hydrogen-bond acceptors (Lipinski definition) is 0. The highest BCUT2D eigenvalue weighted by atomic mass is 15.0. The highest BCUT2D eigenvalue weighted by Gasteiger charge is 2.12. The molecule has 0 aliphatic carbocycles. The van der Waals surface area contributed by atoms with Crippen molar-refractivity contribution < 1.29 is 0 Å². The monoisotopic (exact) mass is 516 g/mol. The van der Waals surface area contributed by atoms with Crippen LogP contribution in [-0.2, 0) is 13.1 Å². The summed E-state index contributed by atoms with van der Waals surface area (Å²) >= 11 is 0. The van der Waals surface area contributed by atoms with Gasteiger partial charge in [-0.15, -0.1) is 0 Å². The average molecular weight is 517 g/mol. The van der Waals surface area contributed by atoms with Crippen molar-refractivity contribution in [3.63, 3.8) is 0 Å². The minimum absolute atomic E-state index is 0.947. The van der Waals surface area contributed by atoms with E-state index in [0.29, 0.717) is 0 Å². The predicted octanol–water partition coefficient (Wildman–Crippen LogP) is 10.3. The fraction of sp³-hybridized carbons (Fsp3) is 0.105. The molecule has 0 atom stereocenters. The average Bonchev–Trinajstić information content (AvgIpc) is 3.52. The molecule has 0 spiro atoms. The molecule has 194 valence electrons. The summed E-state index contributed by atoms with van der Waals surface area (Å²) in [7, 11) is 0. The molecule has 0 saturated carbocycles. The highest BCUT2D eigenvalue weighted by molar-refractivity contribution is 6.11. The SMILES string of the molecule is CCn1c2ccccc2c2cccc(C=Cc3ccc(C=Cc4cccc5c6ccccc6n(CC)c45)cc3)c21. The standard InChI is InChI=1S/C38H32N2/c1-3-39-35-17-7-5-13-31(35)33-15-9-11-29(37(33)39)25-23-27-19-21-28(22-20-27)24-26-30-12-10-16-34-32-14-6-8-18-36(32)40(4-2)38(30)34/h5-26H,3-4H2,1-2H3. The minimum atomic E-state index is 0.947. The van der Waals surface area contributed by atoms with E-state index in [1.54, 1.807) is 0 Å². The number of hydrogen-bond donors (Lipinski definition) is 0. The number of benzene rings is 5. The summed E-state index contributed by atoms with van der Waals surface area (Å²) in [6.45, 7) is 6.34.